The molecule has 0 saturated carbocycles. The molecule has 0 unspecified atom stereocenters. The number of likely N-dealkylation sites (tertiary alicyclic amines) is 1. The zero-order valence-electron chi connectivity index (χ0n) is 12.4. The van der Waals surface area contributed by atoms with E-state index >= 15 is 0 Å². The van der Waals surface area contributed by atoms with E-state index in [1.165, 1.54) is 7.11 Å². The summed E-state index contributed by atoms with van der Waals surface area (Å²) in [6, 6.07) is 3.31. The Balaban J connectivity index is 2.24. The van der Waals surface area contributed by atoms with Crippen molar-refractivity contribution >= 4 is 17.5 Å². The third-order valence-electron chi connectivity index (χ3n) is 3.67. The normalized spacial score (nSPS) is 17.9. The number of halogens is 1. The SMILES string of the molecule is CCOc1c(Cl)cc(C(=O)N2CC[C@@H](CN)C2)cc1OC. The second kappa shape index (κ2) is 7.00. The van der Waals surface area contributed by atoms with E-state index < -0.39 is 0 Å². The van der Waals surface area contributed by atoms with Crippen LogP contribution in [-0.4, -0.2) is 44.2 Å². The fourth-order valence-electron chi connectivity index (χ4n) is 2.52. The number of hydrogen-bond donors (Lipinski definition) is 1. The van der Waals surface area contributed by atoms with Crippen molar-refractivity contribution in [2.45, 2.75) is 13.3 Å². The van der Waals surface area contributed by atoms with Crippen LogP contribution in [0.2, 0.25) is 5.02 Å². The summed E-state index contributed by atoms with van der Waals surface area (Å²) in [4.78, 5) is 14.3. The van der Waals surface area contributed by atoms with Gasteiger partial charge in [-0.15, -0.1) is 0 Å². The molecular weight excluding hydrogens is 292 g/mol. The summed E-state index contributed by atoms with van der Waals surface area (Å²) in [5, 5.41) is 0.383. The first-order valence-corrected chi connectivity index (χ1v) is 7.48. The highest BCUT2D eigenvalue weighted by Crippen LogP contribution is 2.37. The van der Waals surface area contributed by atoms with Gasteiger partial charge in [0.25, 0.3) is 5.91 Å². The highest BCUT2D eigenvalue weighted by Gasteiger charge is 2.27. The van der Waals surface area contributed by atoms with Crippen LogP contribution in [-0.2, 0) is 0 Å². The molecule has 0 bridgehead atoms. The maximum absolute atomic E-state index is 12.5. The standard InChI is InChI=1S/C15H21ClN2O3/c1-3-21-14-12(16)6-11(7-13(14)20-2)15(19)18-5-4-10(8-17)9-18/h6-7,10H,3-5,8-9,17H2,1-2H3/t10-/m0/s1. The summed E-state index contributed by atoms with van der Waals surface area (Å²) in [6.07, 6.45) is 0.949. The van der Waals surface area contributed by atoms with Gasteiger partial charge in [0.1, 0.15) is 0 Å². The number of methoxy groups -OCH3 is 1. The second-order valence-corrected chi connectivity index (χ2v) is 5.47. The minimum Gasteiger partial charge on any atom is -0.493 e. The van der Waals surface area contributed by atoms with Crippen LogP contribution in [0.4, 0.5) is 0 Å². The molecule has 1 fully saturated rings. The van der Waals surface area contributed by atoms with E-state index in [9.17, 15) is 4.79 Å². The predicted octanol–water partition coefficient (Wildman–Crippen LogP) is 2.17. The fourth-order valence-corrected chi connectivity index (χ4v) is 2.79. The molecule has 1 aromatic carbocycles. The number of nitrogens with two attached hydrogens (primary N) is 1. The Hall–Kier alpha value is -1.46. The van der Waals surface area contributed by atoms with Crippen LogP contribution in [0.25, 0.3) is 0 Å². The molecule has 0 aliphatic carbocycles. The summed E-state index contributed by atoms with van der Waals surface area (Å²) < 4.78 is 10.7. The number of benzene rings is 1. The van der Waals surface area contributed by atoms with E-state index in [2.05, 4.69) is 0 Å². The van der Waals surface area contributed by atoms with Gasteiger partial charge in [-0.3, -0.25) is 4.79 Å². The topological polar surface area (TPSA) is 64.8 Å². The Morgan fingerprint density at radius 1 is 1.52 bits per heavy atom. The number of carbonyl (C=O) groups excluding carboxylic acids is 1. The average Bonchev–Trinajstić information content (AvgIpc) is 2.97. The van der Waals surface area contributed by atoms with Crippen molar-refractivity contribution < 1.29 is 14.3 Å². The third-order valence-corrected chi connectivity index (χ3v) is 3.95. The maximum Gasteiger partial charge on any atom is 0.254 e. The molecule has 1 amide bonds. The zero-order valence-corrected chi connectivity index (χ0v) is 13.2. The Morgan fingerprint density at radius 3 is 2.86 bits per heavy atom. The van der Waals surface area contributed by atoms with Crippen LogP contribution in [0.15, 0.2) is 12.1 Å². The van der Waals surface area contributed by atoms with Crippen molar-refractivity contribution in [1.29, 1.82) is 0 Å². The van der Waals surface area contributed by atoms with Crippen molar-refractivity contribution in [3.8, 4) is 11.5 Å². The fraction of sp³-hybridized carbons (Fsp3) is 0.533. The van der Waals surface area contributed by atoms with Gasteiger partial charge >= 0.3 is 0 Å². The molecule has 1 heterocycles. The molecule has 1 saturated heterocycles. The minimum absolute atomic E-state index is 0.0470. The number of carbonyl (C=O) groups is 1. The van der Waals surface area contributed by atoms with E-state index in [1.807, 2.05) is 11.8 Å². The molecular formula is C15H21ClN2O3. The lowest BCUT2D eigenvalue weighted by Gasteiger charge is -2.18. The minimum atomic E-state index is -0.0470. The monoisotopic (exact) mass is 312 g/mol. The zero-order chi connectivity index (χ0) is 15.4. The molecule has 5 nitrogen and oxygen atoms in total. The smallest absolute Gasteiger partial charge is 0.254 e. The molecule has 2 N–H and O–H groups in total. The number of ether oxygens (including phenoxy) is 2. The van der Waals surface area contributed by atoms with Crippen LogP contribution >= 0.6 is 11.6 Å². The number of hydrogen-bond acceptors (Lipinski definition) is 4. The maximum atomic E-state index is 12.5. The summed E-state index contributed by atoms with van der Waals surface area (Å²) in [6.45, 7) is 4.38. The quantitative estimate of drug-likeness (QED) is 0.905. The Labute approximate surface area is 130 Å². The molecule has 21 heavy (non-hydrogen) atoms. The van der Waals surface area contributed by atoms with Crippen LogP contribution in [0, 0.1) is 5.92 Å². The van der Waals surface area contributed by atoms with E-state index in [-0.39, 0.29) is 5.91 Å². The van der Waals surface area contributed by atoms with Crippen LogP contribution in [0.5, 0.6) is 11.5 Å². The van der Waals surface area contributed by atoms with Gasteiger partial charge in [-0.1, -0.05) is 11.6 Å². The van der Waals surface area contributed by atoms with Gasteiger partial charge in [0, 0.05) is 18.7 Å². The van der Waals surface area contributed by atoms with E-state index in [4.69, 9.17) is 26.8 Å². The molecule has 6 heteroatoms. The first-order valence-electron chi connectivity index (χ1n) is 7.10. The van der Waals surface area contributed by atoms with Crippen molar-refractivity contribution in [2.75, 3.05) is 33.4 Å². The molecule has 1 aliphatic heterocycles. The van der Waals surface area contributed by atoms with Crippen molar-refractivity contribution in [1.82, 2.24) is 4.90 Å². The molecule has 1 atom stereocenters. The van der Waals surface area contributed by atoms with Crippen LogP contribution in [0.3, 0.4) is 0 Å². The predicted molar refractivity (Wildman–Crippen MR) is 82.2 cm³/mol. The lowest BCUT2D eigenvalue weighted by Crippen LogP contribution is -2.29. The molecule has 0 spiro atoms. The molecule has 1 aliphatic rings. The van der Waals surface area contributed by atoms with Gasteiger partial charge in [-0.05, 0) is 37.9 Å². The number of rotatable bonds is 5. The van der Waals surface area contributed by atoms with Crippen LogP contribution in [0.1, 0.15) is 23.7 Å². The van der Waals surface area contributed by atoms with E-state index in [0.717, 1.165) is 13.0 Å². The number of amides is 1. The van der Waals surface area contributed by atoms with Crippen molar-refractivity contribution in [3.63, 3.8) is 0 Å². The first-order chi connectivity index (χ1) is 10.1. The molecule has 0 aromatic heterocycles. The molecule has 0 radical (unpaired) electrons. The van der Waals surface area contributed by atoms with Gasteiger partial charge in [-0.25, -0.2) is 0 Å². The third kappa shape index (κ3) is 3.41. The summed E-state index contributed by atoms with van der Waals surface area (Å²) >= 11 is 6.20. The molecule has 116 valence electrons. The van der Waals surface area contributed by atoms with Gasteiger partial charge in [0.15, 0.2) is 11.5 Å². The highest BCUT2D eigenvalue weighted by molar-refractivity contribution is 6.32. The Bertz CT molecular complexity index is 522. The average molecular weight is 313 g/mol. The van der Waals surface area contributed by atoms with Crippen molar-refractivity contribution in [2.24, 2.45) is 11.7 Å². The Morgan fingerprint density at radius 2 is 2.29 bits per heavy atom. The summed E-state index contributed by atoms with van der Waals surface area (Å²) in [5.41, 5.74) is 6.17. The molecule has 2 rings (SSSR count). The van der Waals surface area contributed by atoms with E-state index in [1.54, 1.807) is 12.1 Å². The lowest BCUT2D eigenvalue weighted by molar-refractivity contribution is 0.0787. The second-order valence-electron chi connectivity index (χ2n) is 5.06. The van der Waals surface area contributed by atoms with Gasteiger partial charge in [0.2, 0.25) is 0 Å². The number of nitrogens with zero attached hydrogens (tertiary/aromatic N) is 1. The first kappa shape index (κ1) is 15.9. The highest BCUT2D eigenvalue weighted by atomic mass is 35.5. The molecule has 1 aromatic rings. The Kier molecular flexibility index (Phi) is 5.31. The largest absolute Gasteiger partial charge is 0.493 e. The van der Waals surface area contributed by atoms with E-state index in [0.29, 0.717) is 47.7 Å². The van der Waals surface area contributed by atoms with Crippen molar-refractivity contribution in [3.05, 3.63) is 22.7 Å². The van der Waals surface area contributed by atoms with Gasteiger partial charge in [0.05, 0.1) is 18.7 Å². The van der Waals surface area contributed by atoms with Crippen LogP contribution < -0.4 is 15.2 Å². The summed E-state index contributed by atoms with van der Waals surface area (Å²) in [5.74, 6) is 1.28. The summed E-state index contributed by atoms with van der Waals surface area (Å²) in [7, 11) is 1.53. The van der Waals surface area contributed by atoms with Gasteiger partial charge in [-0.2, -0.15) is 0 Å². The lowest BCUT2D eigenvalue weighted by atomic mass is 10.1. The van der Waals surface area contributed by atoms with Gasteiger partial charge < -0.3 is 20.1 Å².